The molecule has 5 heteroatoms. The predicted octanol–water partition coefficient (Wildman–Crippen LogP) is 3.45. The molecule has 0 spiro atoms. The van der Waals surface area contributed by atoms with Crippen LogP contribution in [0.1, 0.15) is 10.4 Å². The fourth-order valence-electron chi connectivity index (χ4n) is 1.59. The average Bonchev–Trinajstić information content (AvgIpc) is 2.40. The third-order valence-electron chi connectivity index (χ3n) is 2.47. The van der Waals surface area contributed by atoms with Crippen molar-refractivity contribution in [2.45, 2.75) is 0 Å². The molecule has 0 aliphatic rings. The van der Waals surface area contributed by atoms with Crippen LogP contribution in [0.25, 0.3) is 0 Å². The van der Waals surface area contributed by atoms with E-state index in [1.165, 1.54) is 7.11 Å². The number of rotatable bonds is 3. The Morgan fingerprint density at radius 2 is 1.95 bits per heavy atom. The quantitative estimate of drug-likeness (QED) is 0.512. The topological polar surface area (TPSA) is 61.5 Å². The molecule has 2 aromatic carbocycles. The number of methoxy groups -OCH3 is 1. The van der Waals surface area contributed by atoms with E-state index in [1.54, 1.807) is 24.3 Å². The van der Waals surface area contributed by atoms with Crippen molar-refractivity contribution in [3.63, 3.8) is 0 Å². The summed E-state index contributed by atoms with van der Waals surface area (Å²) in [5.41, 5.74) is 6.56. The van der Waals surface area contributed by atoms with Gasteiger partial charge in [0.05, 0.1) is 12.8 Å². The molecule has 0 unspecified atom stereocenters. The number of carbonyl (C=O) groups is 1. The highest BCUT2D eigenvalue weighted by Gasteiger charge is 2.16. The molecule has 19 heavy (non-hydrogen) atoms. The van der Waals surface area contributed by atoms with Gasteiger partial charge in [0.25, 0.3) is 0 Å². The highest BCUT2D eigenvalue weighted by atomic mass is 127. The Bertz CT molecular complexity index is 613. The van der Waals surface area contributed by atoms with Gasteiger partial charge in [0.1, 0.15) is 11.3 Å². The lowest BCUT2D eigenvalue weighted by Gasteiger charge is -2.12. The summed E-state index contributed by atoms with van der Waals surface area (Å²) in [5.74, 6) is 0.458. The summed E-state index contributed by atoms with van der Waals surface area (Å²) in [6.07, 6.45) is 0. The number of halogens is 1. The maximum atomic E-state index is 11.7. The van der Waals surface area contributed by atoms with Gasteiger partial charge in [-0.25, -0.2) is 4.79 Å². The molecule has 0 saturated carbocycles. The first-order valence-corrected chi connectivity index (χ1v) is 6.60. The van der Waals surface area contributed by atoms with Crippen LogP contribution in [0.15, 0.2) is 42.5 Å². The van der Waals surface area contributed by atoms with Crippen molar-refractivity contribution in [1.82, 2.24) is 0 Å². The predicted molar refractivity (Wildman–Crippen MR) is 81.4 cm³/mol. The van der Waals surface area contributed by atoms with E-state index in [9.17, 15) is 4.79 Å². The number of nitrogen functional groups attached to an aromatic ring is 1. The Hall–Kier alpha value is -1.76. The number of esters is 1. The van der Waals surface area contributed by atoms with Crippen molar-refractivity contribution in [2.24, 2.45) is 0 Å². The lowest BCUT2D eigenvalue weighted by Crippen LogP contribution is -2.05. The Morgan fingerprint density at radius 1 is 1.21 bits per heavy atom. The molecule has 2 N–H and O–H groups in total. The first-order chi connectivity index (χ1) is 9.11. The zero-order valence-corrected chi connectivity index (χ0v) is 12.4. The van der Waals surface area contributed by atoms with E-state index in [0.717, 1.165) is 3.57 Å². The Morgan fingerprint density at radius 3 is 2.63 bits per heavy atom. The number of carbonyl (C=O) groups excluding carboxylic acids is 1. The molecule has 0 saturated heterocycles. The minimum absolute atomic E-state index is 0.307. The fraction of sp³-hybridized carbons (Fsp3) is 0.0714. The molecular formula is C14H12INO3. The second-order valence-electron chi connectivity index (χ2n) is 3.77. The molecule has 0 fully saturated rings. The van der Waals surface area contributed by atoms with E-state index in [4.69, 9.17) is 15.2 Å². The Kier molecular flexibility index (Phi) is 4.26. The minimum atomic E-state index is -0.479. The lowest BCUT2D eigenvalue weighted by molar-refractivity contribution is 0.0598. The van der Waals surface area contributed by atoms with Gasteiger partial charge < -0.3 is 15.2 Å². The van der Waals surface area contributed by atoms with Gasteiger partial charge in [0, 0.05) is 3.57 Å². The van der Waals surface area contributed by atoms with Gasteiger partial charge in [-0.2, -0.15) is 0 Å². The van der Waals surface area contributed by atoms with Crippen LogP contribution in [0.3, 0.4) is 0 Å². The summed E-state index contributed by atoms with van der Waals surface area (Å²) in [7, 11) is 1.32. The van der Waals surface area contributed by atoms with Crippen LogP contribution >= 0.6 is 22.6 Å². The third kappa shape index (κ3) is 3.17. The second-order valence-corrected chi connectivity index (χ2v) is 5.02. The molecule has 0 bridgehead atoms. The van der Waals surface area contributed by atoms with E-state index >= 15 is 0 Å². The largest absolute Gasteiger partial charge is 0.465 e. The van der Waals surface area contributed by atoms with E-state index in [-0.39, 0.29) is 0 Å². The van der Waals surface area contributed by atoms with E-state index < -0.39 is 5.97 Å². The van der Waals surface area contributed by atoms with Crippen molar-refractivity contribution in [1.29, 1.82) is 0 Å². The summed E-state index contributed by atoms with van der Waals surface area (Å²) < 4.78 is 11.5. The first kappa shape index (κ1) is 13.7. The van der Waals surface area contributed by atoms with Crippen molar-refractivity contribution in [3.8, 4) is 11.5 Å². The van der Waals surface area contributed by atoms with E-state index in [0.29, 0.717) is 22.7 Å². The van der Waals surface area contributed by atoms with Crippen LogP contribution < -0.4 is 10.5 Å². The fourth-order valence-corrected chi connectivity index (χ4v) is 2.10. The molecule has 98 valence electrons. The maximum absolute atomic E-state index is 11.7. The molecule has 0 radical (unpaired) electrons. The van der Waals surface area contributed by atoms with Crippen LogP contribution in [0, 0.1) is 3.57 Å². The molecule has 0 aliphatic carbocycles. The van der Waals surface area contributed by atoms with Crippen LogP contribution in [-0.4, -0.2) is 13.1 Å². The van der Waals surface area contributed by atoms with Crippen LogP contribution in [0.5, 0.6) is 11.5 Å². The summed E-state index contributed by atoms with van der Waals surface area (Å²) in [6.45, 7) is 0. The number of anilines is 1. The van der Waals surface area contributed by atoms with Crippen LogP contribution in [-0.2, 0) is 4.74 Å². The number of para-hydroxylation sites is 1. The van der Waals surface area contributed by atoms with Gasteiger partial charge in [0.2, 0.25) is 0 Å². The number of hydrogen-bond donors (Lipinski definition) is 1. The highest BCUT2D eigenvalue weighted by molar-refractivity contribution is 14.1. The molecule has 0 aromatic heterocycles. The zero-order chi connectivity index (χ0) is 13.8. The maximum Gasteiger partial charge on any atom is 0.341 e. The zero-order valence-electron chi connectivity index (χ0n) is 10.2. The molecule has 0 heterocycles. The van der Waals surface area contributed by atoms with E-state index in [2.05, 4.69) is 22.6 Å². The summed E-state index contributed by atoms with van der Waals surface area (Å²) in [6, 6.07) is 12.4. The second kappa shape index (κ2) is 5.92. The minimum Gasteiger partial charge on any atom is -0.465 e. The van der Waals surface area contributed by atoms with Crippen molar-refractivity contribution in [2.75, 3.05) is 12.8 Å². The molecule has 0 amide bonds. The summed E-state index contributed by atoms with van der Waals surface area (Å²) in [5, 5.41) is 0. The van der Waals surface area contributed by atoms with Crippen LogP contribution in [0.2, 0.25) is 0 Å². The third-order valence-corrected chi connectivity index (χ3v) is 3.14. The Balaban J connectivity index is 2.41. The molecular weight excluding hydrogens is 357 g/mol. The van der Waals surface area contributed by atoms with Gasteiger partial charge >= 0.3 is 5.97 Å². The van der Waals surface area contributed by atoms with Crippen molar-refractivity contribution >= 4 is 34.2 Å². The molecule has 0 atom stereocenters. The summed E-state index contributed by atoms with van der Waals surface area (Å²) >= 11 is 2.18. The number of ether oxygens (including phenoxy) is 2. The number of benzene rings is 2. The molecule has 2 aromatic rings. The van der Waals surface area contributed by atoms with Gasteiger partial charge in [-0.05, 0) is 52.9 Å². The number of hydrogen-bond acceptors (Lipinski definition) is 4. The monoisotopic (exact) mass is 369 g/mol. The molecule has 4 nitrogen and oxygen atoms in total. The summed E-state index contributed by atoms with van der Waals surface area (Å²) in [4.78, 5) is 11.7. The Labute approximate surface area is 124 Å². The van der Waals surface area contributed by atoms with Crippen molar-refractivity contribution < 1.29 is 14.3 Å². The smallest absolute Gasteiger partial charge is 0.341 e. The standard InChI is InChI=1S/C14H12INO3/c1-18-14(17)11-6-3-7-12(16)13(11)19-10-5-2-4-9(15)8-10/h2-8H,16H2,1H3. The van der Waals surface area contributed by atoms with Crippen molar-refractivity contribution in [3.05, 3.63) is 51.6 Å². The normalized spacial score (nSPS) is 10.0. The SMILES string of the molecule is COC(=O)c1cccc(N)c1Oc1cccc(I)c1. The lowest BCUT2D eigenvalue weighted by atomic mass is 10.1. The first-order valence-electron chi connectivity index (χ1n) is 5.52. The highest BCUT2D eigenvalue weighted by Crippen LogP contribution is 2.32. The van der Waals surface area contributed by atoms with E-state index in [1.807, 2.05) is 18.2 Å². The van der Waals surface area contributed by atoms with Gasteiger partial charge in [-0.1, -0.05) is 12.1 Å². The molecule has 2 rings (SSSR count). The van der Waals surface area contributed by atoms with Gasteiger partial charge in [-0.3, -0.25) is 0 Å². The number of nitrogens with two attached hydrogens (primary N) is 1. The van der Waals surface area contributed by atoms with Crippen LogP contribution in [0.4, 0.5) is 5.69 Å². The molecule has 0 aliphatic heterocycles. The average molecular weight is 369 g/mol. The van der Waals surface area contributed by atoms with Gasteiger partial charge in [-0.15, -0.1) is 0 Å². The van der Waals surface area contributed by atoms with Gasteiger partial charge in [0.15, 0.2) is 5.75 Å².